The normalized spacial score (nSPS) is 10.3. The van der Waals surface area contributed by atoms with Gasteiger partial charge in [0.2, 0.25) is 0 Å². The highest BCUT2D eigenvalue weighted by Gasteiger charge is 2.06. The first-order chi connectivity index (χ1) is 10.5. The Morgan fingerprint density at radius 2 is 1.82 bits per heavy atom. The molecule has 0 heterocycles. The lowest BCUT2D eigenvalue weighted by Gasteiger charge is -2.13. The SMILES string of the molecule is Cc1c(Br)ccc(OCCOc2cccc(C(=O)O)c2)c1C. The molecule has 0 atom stereocenters. The lowest BCUT2D eigenvalue weighted by atomic mass is 10.1. The van der Waals surface area contributed by atoms with Gasteiger partial charge >= 0.3 is 5.97 Å². The van der Waals surface area contributed by atoms with Gasteiger partial charge in [0.15, 0.2) is 0 Å². The van der Waals surface area contributed by atoms with Gasteiger partial charge in [-0.2, -0.15) is 0 Å². The van der Waals surface area contributed by atoms with Crippen molar-refractivity contribution in [2.24, 2.45) is 0 Å². The third-order valence-electron chi connectivity index (χ3n) is 3.36. The molecule has 2 aromatic rings. The van der Waals surface area contributed by atoms with Gasteiger partial charge in [0.25, 0.3) is 0 Å². The summed E-state index contributed by atoms with van der Waals surface area (Å²) in [4.78, 5) is 10.9. The first-order valence-electron chi connectivity index (χ1n) is 6.83. The molecule has 0 aliphatic carbocycles. The summed E-state index contributed by atoms with van der Waals surface area (Å²) >= 11 is 3.48. The summed E-state index contributed by atoms with van der Waals surface area (Å²) in [6.45, 7) is 4.77. The van der Waals surface area contributed by atoms with Gasteiger partial charge in [0.05, 0.1) is 5.56 Å². The summed E-state index contributed by atoms with van der Waals surface area (Å²) in [6, 6.07) is 10.3. The highest BCUT2D eigenvalue weighted by Crippen LogP contribution is 2.27. The van der Waals surface area contributed by atoms with Gasteiger partial charge in [-0.15, -0.1) is 0 Å². The molecule has 0 fully saturated rings. The van der Waals surface area contributed by atoms with E-state index in [1.54, 1.807) is 12.1 Å². The Kier molecular flexibility index (Phi) is 5.44. The van der Waals surface area contributed by atoms with Gasteiger partial charge in [-0.3, -0.25) is 0 Å². The van der Waals surface area contributed by atoms with Crippen molar-refractivity contribution in [3.05, 3.63) is 57.6 Å². The molecule has 0 radical (unpaired) electrons. The fourth-order valence-corrected chi connectivity index (χ4v) is 2.38. The molecule has 116 valence electrons. The maximum atomic E-state index is 10.9. The van der Waals surface area contributed by atoms with Crippen molar-refractivity contribution in [1.82, 2.24) is 0 Å². The Labute approximate surface area is 137 Å². The average Bonchev–Trinajstić information content (AvgIpc) is 2.51. The van der Waals surface area contributed by atoms with Crippen LogP contribution in [0.4, 0.5) is 0 Å². The molecule has 5 heteroatoms. The number of rotatable bonds is 6. The maximum Gasteiger partial charge on any atom is 0.335 e. The molecule has 2 rings (SSSR count). The highest BCUT2D eigenvalue weighted by atomic mass is 79.9. The van der Waals surface area contributed by atoms with Gasteiger partial charge in [-0.1, -0.05) is 22.0 Å². The van der Waals surface area contributed by atoms with E-state index in [1.165, 1.54) is 12.1 Å². The van der Waals surface area contributed by atoms with E-state index >= 15 is 0 Å². The van der Waals surface area contributed by atoms with Crippen LogP contribution in [0.3, 0.4) is 0 Å². The second-order valence-electron chi connectivity index (χ2n) is 4.83. The van der Waals surface area contributed by atoms with Crippen LogP contribution in [-0.4, -0.2) is 24.3 Å². The summed E-state index contributed by atoms with van der Waals surface area (Å²) in [7, 11) is 0. The number of carboxylic acid groups (broad SMARTS) is 1. The molecule has 0 bridgehead atoms. The van der Waals surface area contributed by atoms with Gasteiger partial charge in [-0.05, 0) is 55.3 Å². The topological polar surface area (TPSA) is 55.8 Å². The van der Waals surface area contributed by atoms with Crippen LogP contribution in [0.1, 0.15) is 21.5 Å². The van der Waals surface area contributed by atoms with E-state index in [9.17, 15) is 4.79 Å². The van der Waals surface area contributed by atoms with Crippen LogP contribution in [0.5, 0.6) is 11.5 Å². The standard InChI is InChI=1S/C17H17BrO4/c1-11-12(2)16(7-6-15(11)18)22-9-8-21-14-5-3-4-13(10-14)17(19)20/h3-7,10H,8-9H2,1-2H3,(H,19,20). The zero-order chi connectivity index (χ0) is 16.1. The molecule has 0 aliphatic heterocycles. The summed E-state index contributed by atoms with van der Waals surface area (Å²) in [5.74, 6) is 0.374. The van der Waals surface area contributed by atoms with Crippen LogP contribution in [0, 0.1) is 13.8 Å². The van der Waals surface area contributed by atoms with Crippen LogP contribution in [-0.2, 0) is 0 Å². The number of hydrogen-bond acceptors (Lipinski definition) is 3. The Bertz CT molecular complexity index is 682. The Balaban J connectivity index is 1.89. The maximum absolute atomic E-state index is 10.9. The molecule has 0 saturated carbocycles. The Morgan fingerprint density at radius 1 is 1.09 bits per heavy atom. The zero-order valence-electron chi connectivity index (χ0n) is 12.4. The minimum absolute atomic E-state index is 0.206. The molecule has 22 heavy (non-hydrogen) atoms. The molecule has 0 spiro atoms. The van der Waals surface area contributed by atoms with Crippen LogP contribution < -0.4 is 9.47 Å². The van der Waals surface area contributed by atoms with Crippen molar-refractivity contribution < 1.29 is 19.4 Å². The van der Waals surface area contributed by atoms with E-state index in [4.69, 9.17) is 14.6 Å². The average molecular weight is 365 g/mol. The number of carboxylic acids is 1. The second kappa shape index (κ2) is 7.31. The Hall–Kier alpha value is -2.01. The van der Waals surface area contributed by atoms with Gasteiger partial charge in [0.1, 0.15) is 24.7 Å². The van der Waals surface area contributed by atoms with E-state index in [-0.39, 0.29) is 5.56 Å². The second-order valence-corrected chi connectivity index (χ2v) is 5.68. The first kappa shape index (κ1) is 16.4. The van der Waals surface area contributed by atoms with Crippen LogP contribution in [0.25, 0.3) is 0 Å². The molecule has 0 aliphatic rings. The number of aromatic carboxylic acids is 1. The van der Waals surface area contributed by atoms with Crippen molar-refractivity contribution in [3.63, 3.8) is 0 Å². The van der Waals surface area contributed by atoms with E-state index in [0.717, 1.165) is 21.3 Å². The number of ether oxygens (including phenoxy) is 2. The van der Waals surface area contributed by atoms with Crippen molar-refractivity contribution in [3.8, 4) is 11.5 Å². The summed E-state index contributed by atoms with van der Waals surface area (Å²) in [6.07, 6.45) is 0. The Morgan fingerprint density at radius 3 is 2.55 bits per heavy atom. The quantitative estimate of drug-likeness (QED) is 0.779. The van der Waals surface area contributed by atoms with Crippen LogP contribution in [0.2, 0.25) is 0 Å². The lowest BCUT2D eigenvalue weighted by molar-refractivity contribution is 0.0696. The van der Waals surface area contributed by atoms with Gasteiger partial charge in [0, 0.05) is 4.47 Å². The number of halogens is 1. The largest absolute Gasteiger partial charge is 0.490 e. The molecule has 0 amide bonds. The van der Waals surface area contributed by atoms with Crippen LogP contribution >= 0.6 is 15.9 Å². The van der Waals surface area contributed by atoms with Crippen molar-refractivity contribution in [1.29, 1.82) is 0 Å². The zero-order valence-corrected chi connectivity index (χ0v) is 14.0. The first-order valence-corrected chi connectivity index (χ1v) is 7.63. The monoisotopic (exact) mass is 364 g/mol. The lowest BCUT2D eigenvalue weighted by Crippen LogP contribution is -2.10. The van der Waals surface area contributed by atoms with E-state index < -0.39 is 5.97 Å². The fraction of sp³-hybridized carbons (Fsp3) is 0.235. The van der Waals surface area contributed by atoms with Crippen molar-refractivity contribution >= 4 is 21.9 Å². The molecule has 1 N–H and O–H groups in total. The molecule has 4 nitrogen and oxygen atoms in total. The third-order valence-corrected chi connectivity index (χ3v) is 4.22. The van der Waals surface area contributed by atoms with E-state index in [0.29, 0.717) is 19.0 Å². The number of carbonyl (C=O) groups is 1. The molecule has 2 aromatic carbocycles. The van der Waals surface area contributed by atoms with E-state index in [1.807, 2.05) is 26.0 Å². The molecule has 0 saturated heterocycles. The van der Waals surface area contributed by atoms with Gasteiger partial charge in [-0.25, -0.2) is 4.79 Å². The highest BCUT2D eigenvalue weighted by molar-refractivity contribution is 9.10. The van der Waals surface area contributed by atoms with E-state index in [2.05, 4.69) is 15.9 Å². The minimum atomic E-state index is -0.970. The molecular weight excluding hydrogens is 348 g/mol. The molecular formula is C17H17BrO4. The predicted octanol–water partition coefficient (Wildman–Crippen LogP) is 4.22. The smallest absolute Gasteiger partial charge is 0.335 e. The number of benzene rings is 2. The summed E-state index contributed by atoms with van der Waals surface area (Å²) < 4.78 is 12.3. The minimum Gasteiger partial charge on any atom is -0.490 e. The summed E-state index contributed by atoms with van der Waals surface area (Å²) in [5, 5.41) is 8.92. The molecule has 0 aromatic heterocycles. The van der Waals surface area contributed by atoms with Crippen LogP contribution in [0.15, 0.2) is 40.9 Å². The fourth-order valence-electron chi connectivity index (χ4n) is 1.95. The third kappa shape index (κ3) is 4.01. The van der Waals surface area contributed by atoms with Gasteiger partial charge < -0.3 is 14.6 Å². The summed E-state index contributed by atoms with van der Waals surface area (Å²) in [5.41, 5.74) is 2.44. The number of hydrogen-bond donors (Lipinski definition) is 1. The predicted molar refractivity (Wildman–Crippen MR) is 88.0 cm³/mol. The van der Waals surface area contributed by atoms with Crippen molar-refractivity contribution in [2.75, 3.05) is 13.2 Å². The van der Waals surface area contributed by atoms with Crippen molar-refractivity contribution in [2.45, 2.75) is 13.8 Å². The molecule has 0 unspecified atom stereocenters.